The predicted molar refractivity (Wildman–Crippen MR) is 226 cm³/mol. The molecular formula is C44H50FN9O10. The number of hydrazine groups is 1. The van der Waals surface area contributed by atoms with E-state index in [2.05, 4.69) is 48.9 Å². The minimum atomic E-state index is -1.14. The Balaban J connectivity index is 0.997. The number of aromatic nitrogens is 1. The third-order valence-corrected chi connectivity index (χ3v) is 11.4. The van der Waals surface area contributed by atoms with E-state index in [4.69, 9.17) is 4.74 Å². The number of halogens is 1. The number of benzene rings is 2. The Labute approximate surface area is 367 Å². The standard InChI is InChI=1S/C44H50FN9O10/c1-25(22-55)41(61)48-18-28-17-46-32-16-30(45)26(2)29-9-10-31(39(28)40(29)32)53-43(63)44(13-6-14-44)23-64-24-50-34(56)19-49-42(62)33(15-27-7-4-3-5-8-27)52-36(58)20-47-35(57)21-51-54-37(59)11-12-38(54)60/h3-5,7-8,11-12,16-17,31,33,51,55H,1,6,9-10,13-15,18-24H2,2H3,(H,47,57)(H,48,61)(H,49,62)(H,50,56)(H,52,58)(H,53,63)/t31-,33-/m0/s1. The van der Waals surface area contributed by atoms with Crippen LogP contribution in [0.5, 0.6) is 0 Å². The molecule has 2 heterocycles. The Morgan fingerprint density at radius 1 is 0.969 bits per heavy atom. The molecule has 1 aliphatic heterocycles. The lowest BCUT2D eigenvalue weighted by Crippen LogP contribution is -2.53. The fourth-order valence-corrected chi connectivity index (χ4v) is 7.70. The van der Waals surface area contributed by atoms with Crippen molar-refractivity contribution in [3.05, 3.63) is 101 Å². The summed E-state index contributed by atoms with van der Waals surface area (Å²) in [5, 5.41) is 26.6. The summed E-state index contributed by atoms with van der Waals surface area (Å²) in [6.07, 6.45) is 6.46. The van der Waals surface area contributed by atoms with Gasteiger partial charge in [0.15, 0.2) is 0 Å². The molecule has 19 nitrogen and oxygen atoms in total. The summed E-state index contributed by atoms with van der Waals surface area (Å²) in [5.41, 5.74) is 5.20. The lowest BCUT2D eigenvalue weighted by Gasteiger charge is -2.41. The van der Waals surface area contributed by atoms with Crippen LogP contribution in [0.1, 0.15) is 59.5 Å². The van der Waals surface area contributed by atoms with E-state index in [-0.39, 0.29) is 43.6 Å². The number of imide groups is 1. The molecule has 0 unspecified atom stereocenters. The van der Waals surface area contributed by atoms with Crippen LogP contribution in [0.2, 0.25) is 0 Å². The van der Waals surface area contributed by atoms with E-state index in [0.717, 1.165) is 35.1 Å². The number of rotatable bonds is 21. The molecule has 0 spiro atoms. The smallest absolute Gasteiger partial charge is 0.268 e. The number of carbonyl (C=O) groups is 8. The van der Waals surface area contributed by atoms with Crippen LogP contribution in [0.25, 0.3) is 10.9 Å². The molecule has 2 aliphatic carbocycles. The fourth-order valence-electron chi connectivity index (χ4n) is 7.70. The zero-order valence-corrected chi connectivity index (χ0v) is 35.1. The maximum absolute atomic E-state index is 14.9. The molecule has 8 amide bonds. The van der Waals surface area contributed by atoms with Gasteiger partial charge in [-0.15, -0.1) is 0 Å². The van der Waals surface area contributed by atoms with Gasteiger partial charge in [-0.3, -0.25) is 43.3 Å². The van der Waals surface area contributed by atoms with Crippen molar-refractivity contribution >= 4 is 58.2 Å². The van der Waals surface area contributed by atoms with Gasteiger partial charge in [-0.05, 0) is 60.4 Å². The molecule has 1 saturated carbocycles. The molecular weight excluding hydrogens is 834 g/mol. The Bertz CT molecular complexity index is 2370. The van der Waals surface area contributed by atoms with Crippen molar-refractivity contribution in [3.8, 4) is 0 Å². The van der Waals surface area contributed by atoms with E-state index in [9.17, 15) is 47.9 Å². The summed E-state index contributed by atoms with van der Waals surface area (Å²) in [6.45, 7) is 3.02. The van der Waals surface area contributed by atoms with Gasteiger partial charge in [0.1, 0.15) is 18.6 Å². The lowest BCUT2D eigenvalue weighted by molar-refractivity contribution is -0.144. The van der Waals surface area contributed by atoms with Gasteiger partial charge in [0.2, 0.25) is 35.4 Å². The molecule has 6 rings (SSSR count). The highest BCUT2D eigenvalue weighted by Gasteiger charge is 2.45. The van der Waals surface area contributed by atoms with Crippen LogP contribution < -0.4 is 37.3 Å². The first-order valence-electron chi connectivity index (χ1n) is 20.7. The SMILES string of the molecule is C=C(CO)C(=O)NCc1cnc2cc(F)c(C)c3c2c1[C@@H](NC(=O)C1(COCNC(=O)CNC(=O)[C@H](Cc2ccccc2)NC(=O)CNC(=O)CNN2C(=O)C=CC2=O)CCC1)CC3. The summed E-state index contributed by atoms with van der Waals surface area (Å²) in [7, 11) is 0. The summed E-state index contributed by atoms with van der Waals surface area (Å²) in [4.78, 5) is 105. The molecule has 3 aliphatic rings. The fraction of sp³-hybridized carbons (Fsp3) is 0.386. The maximum Gasteiger partial charge on any atom is 0.268 e. The third-order valence-electron chi connectivity index (χ3n) is 11.4. The molecule has 3 aromatic rings. The number of ether oxygens (including phenoxy) is 1. The average molecular weight is 884 g/mol. The minimum Gasteiger partial charge on any atom is -0.391 e. The number of nitrogens with zero attached hydrogens (tertiary/aromatic N) is 2. The molecule has 64 heavy (non-hydrogen) atoms. The van der Waals surface area contributed by atoms with Crippen molar-refractivity contribution in [3.63, 3.8) is 0 Å². The van der Waals surface area contributed by atoms with Gasteiger partial charge in [-0.2, -0.15) is 0 Å². The first-order chi connectivity index (χ1) is 30.7. The Morgan fingerprint density at radius 2 is 1.67 bits per heavy atom. The molecule has 0 bridgehead atoms. The number of pyridine rings is 1. The summed E-state index contributed by atoms with van der Waals surface area (Å²) < 4.78 is 20.7. The largest absolute Gasteiger partial charge is 0.391 e. The van der Waals surface area contributed by atoms with Crippen molar-refractivity contribution in [1.29, 1.82) is 0 Å². The van der Waals surface area contributed by atoms with Crippen LogP contribution in [0.4, 0.5) is 4.39 Å². The first-order valence-corrected chi connectivity index (χ1v) is 20.7. The van der Waals surface area contributed by atoms with Gasteiger partial charge in [0.25, 0.3) is 11.8 Å². The van der Waals surface area contributed by atoms with Crippen molar-refractivity contribution in [2.24, 2.45) is 5.41 Å². The van der Waals surface area contributed by atoms with E-state index in [0.29, 0.717) is 52.9 Å². The summed E-state index contributed by atoms with van der Waals surface area (Å²) >= 11 is 0. The van der Waals surface area contributed by atoms with Crippen LogP contribution in [-0.4, -0.2) is 108 Å². The first kappa shape index (κ1) is 46.6. The molecule has 1 fully saturated rings. The van der Waals surface area contributed by atoms with E-state index in [1.54, 1.807) is 43.5 Å². The Hall–Kier alpha value is -6.90. The van der Waals surface area contributed by atoms with Crippen LogP contribution in [-0.2, 0) is 62.5 Å². The maximum atomic E-state index is 14.9. The highest BCUT2D eigenvalue weighted by Crippen LogP contribution is 2.44. The van der Waals surface area contributed by atoms with Crippen LogP contribution in [0, 0.1) is 18.2 Å². The molecule has 338 valence electrons. The highest BCUT2D eigenvalue weighted by atomic mass is 19.1. The quantitative estimate of drug-likeness (QED) is 0.0294. The molecule has 1 aromatic heterocycles. The number of amides is 8. The van der Waals surface area contributed by atoms with Gasteiger partial charge in [0.05, 0.1) is 49.8 Å². The molecule has 20 heteroatoms. The number of carbonyl (C=O) groups excluding carboxylic acids is 8. The van der Waals surface area contributed by atoms with E-state index < -0.39 is 85.1 Å². The molecule has 8 N–H and O–H groups in total. The third kappa shape index (κ3) is 11.2. The van der Waals surface area contributed by atoms with Crippen LogP contribution >= 0.6 is 0 Å². The predicted octanol–water partition coefficient (Wildman–Crippen LogP) is -0.399. The number of nitrogens with one attached hydrogen (secondary N) is 7. The molecule has 2 aromatic carbocycles. The lowest BCUT2D eigenvalue weighted by atomic mass is 9.68. The van der Waals surface area contributed by atoms with Gasteiger partial charge >= 0.3 is 0 Å². The second-order valence-electron chi connectivity index (χ2n) is 15.8. The number of aliphatic hydroxyl groups excluding tert-OH is 1. The number of hydrogen-bond donors (Lipinski definition) is 8. The normalized spacial score (nSPS) is 16.4. The van der Waals surface area contributed by atoms with Crippen molar-refractivity contribution < 1.29 is 52.6 Å². The summed E-state index contributed by atoms with van der Waals surface area (Å²) in [5.74, 6) is -5.17. The zero-order valence-electron chi connectivity index (χ0n) is 35.1. The van der Waals surface area contributed by atoms with Crippen LogP contribution in [0.3, 0.4) is 0 Å². The van der Waals surface area contributed by atoms with Crippen molar-refractivity contribution in [1.82, 2.24) is 47.3 Å². The topological polar surface area (TPSA) is 266 Å². The Morgan fingerprint density at radius 3 is 2.36 bits per heavy atom. The van der Waals surface area contributed by atoms with Gasteiger partial charge < -0.3 is 41.7 Å². The monoisotopic (exact) mass is 883 g/mol. The molecule has 0 radical (unpaired) electrons. The number of aryl methyl sites for hydroxylation is 1. The van der Waals surface area contributed by atoms with E-state index in [1.165, 1.54) is 6.07 Å². The Kier molecular flexibility index (Phi) is 15.3. The zero-order chi connectivity index (χ0) is 46.0. The van der Waals surface area contributed by atoms with Crippen molar-refractivity contribution in [2.75, 3.05) is 39.6 Å². The highest BCUT2D eigenvalue weighted by molar-refractivity contribution is 6.12. The second-order valence-corrected chi connectivity index (χ2v) is 15.8. The molecule has 0 saturated heterocycles. The molecule has 2 atom stereocenters. The van der Waals surface area contributed by atoms with Crippen LogP contribution in [0.15, 0.2) is 66.9 Å². The number of hydrogen-bond acceptors (Lipinski definition) is 12. The average Bonchev–Trinajstić information content (AvgIpc) is 3.60. The second kappa shape index (κ2) is 21.0. The van der Waals surface area contributed by atoms with Gasteiger partial charge in [-0.1, -0.05) is 43.3 Å². The minimum absolute atomic E-state index is 0.0134. The van der Waals surface area contributed by atoms with Crippen molar-refractivity contribution in [2.45, 2.75) is 64.1 Å². The van der Waals surface area contributed by atoms with Gasteiger partial charge in [-0.25, -0.2) is 14.8 Å². The number of aliphatic hydroxyl groups is 1. The van der Waals surface area contributed by atoms with Gasteiger partial charge in [0, 0.05) is 48.3 Å². The summed E-state index contributed by atoms with van der Waals surface area (Å²) in [6, 6.07) is 8.52. The van der Waals surface area contributed by atoms with E-state index in [1.807, 2.05) is 0 Å². The van der Waals surface area contributed by atoms with E-state index >= 15 is 0 Å².